The molecule has 1 aliphatic rings. The van der Waals surface area contributed by atoms with E-state index in [4.69, 9.17) is 4.74 Å². The standard InChI is InChI=1S/C24H27NO4/c1-17-6-2-3-9-21(17)15-25-23(27)16-29-24(28)13-12-22(26)20-11-10-18-7-4-5-8-19(18)14-20/h2-3,6,9-11,14H,4-5,7-8,12-13,15-16H2,1H3,(H,25,27). The molecule has 0 saturated heterocycles. The Morgan fingerprint density at radius 3 is 2.52 bits per heavy atom. The van der Waals surface area contributed by atoms with Crippen LogP contribution >= 0.6 is 0 Å². The van der Waals surface area contributed by atoms with Crippen molar-refractivity contribution in [3.63, 3.8) is 0 Å². The van der Waals surface area contributed by atoms with Crippen LogP contribution in [0.25, 0.3) is 0 Å². The van der Waals surface area contributed by atoms with Crippen LogP contribution in [0.3, 0.4) is 0 Å². The fourth-order valence-electron chi connectivity index (χ4n) is 3.54. The van der Waals surface area contributed by atoms with Gasteiger partial charge in [-0.1, -0.05) is 36.4 Å². The van der Waals surface area contributed by atoms with Gasteiger partial charge in [-0.25, -0.2) is 0 Å². The van der Waals surface area contributed by atoms with E-state index in [9.17, 15) is 14.4 Å². The summed E-state index contributed by atoms with van der Waals surface area (Å²) in [7, 11) is 0. The Hall–Kier alpha value is -2.95. The number of ether oxygens (including phenoxy) is 1. The van der Waals surface area contributed by atoms with Crippen molar-refractivity contribution in [3.05, 3.63) is 70.3 Å². The molecule has 1 aliphatic carbocycles. The first kappa shape index (κ1) is 20.8. The summed E-state index contributed by atoms with van der Waals surface area (Å²) in [4.78, 5) is 36.1. The Morgan fingerprint density at radius 2 is 1.72 bits per heavy atom. The van der Waals surface area contributed by atoms with Crippen LogP contribution in [0.5, 0.6) is 0 Å². The van der Waals surface area contributed by atoms with Crippen molar-refractivity contribution in [2.24, 2.45) is 0 Å². The number of carbonyl (C=O) groups is 3. The second-order valence-corrected chi connectivity index (χ2v) is 7.48. The molecule has 2 aromatic carbocycles. The number of Topliss-reactive ketones (excluding diaryl/α,β-unsaturated/α-hetero) is 1. The smallest absolute Gasteiger partial charge is 0.306 e. The highest BCUT2D eigenvalue weighted by Gasteiger charge is 2.15. The number of rotatable bonds is 8. The summed E-state index contributed by atoms with van der Waals surface area (Å²) in [6.45, 7) is 2.03. The topological polar surface area (TPSA) is 72.5 Å². The molecule has 1 N–H and O–H groups in total. The van der Waals surface area contributed by atoms with Gasteiger partial charge in [-0.15, -0.1) is 0 Å². The SMILES string of the molecule is Cc1ccccc1CNC(=O)COC(=O)CCC(=O)c1ccc2c(c1)CCCC2. The van der Waals surface area contributed by atoms with Crippen molar-refractivity contribution in [1.29, 1.82) is 0 Å². The Labute approximate surface area is 171 Å². The highest BCUT2D eigenvalue weighted by atomic mass is 16.5. The maximum atomic E-state index is 12.4. The monoisotopic (exact) mass is 393 g/mol. The number of esters is 1. The largest absolute Gasteiger partial charge is 0.456 e. The summed E-state index contributed by atoms with van der Waals surface area (Å²) in [6.07, 6.45) is 4.50. The number of nitrogens with one attached hydrogen (secondary N) is 1. The van der Waals surface area contributed by atoms with Crippen LogP contribution in [0, 0.1) is 6.92 Å². The zero-order valence-electron chi connectivity index (χ0n) is 16.8. The molecule has 5 heteroatoms. The molecule has 3 rings (SSSR count). The van der Waals surface area contributed by atoms with Gasteiger partial charge in [-0.3, -0.25) is 14.4 Å². The molecule has 0 bridgehead atoms. The number of amides is 1. The van der Waals surface area contributed by atoms with E-state index in [2.05, 4.69) is 5.32 Å². The lowest BCUT2D eigenvalue weighted by atomic mass is 9.89. The number of fused-ring (bicyclic) bond motifs is 1. The van der Waals surface area contributed by atoms with Crippen LogP contribution in [-0.4, -0.2) is 24.3 Å². The molecule has 0 spiro atoms. The molecule has 152 valence electrons. The van der Waals surface area contributed by atoms with Crippen molar-refractivity contribution < 1.29 is 19.1 Å². The van der Waals surface area contributed by atoms with Gasteiger partial charge in [0.15, 0.2) is 12.4 Å². The first-order valence-electron chi connectivity index (χ1n) is 10.1. The first-order chi connectivity index (χ1) is 14.0. The minimum absolute atomic E-state index is 0.0268. The van der Waals surface area contributed by atoms with Crippen molar-refractivity contribution >= 4 is 17.7 Å². The van der Waals surface area contributed by atoms with Gasteiger partial charge in [-0.2, -0.15) is 0 Å². The number of hydrogen-bond donors (Lipinski definition) is 1. The number of carbonyl (C=O) groups excluding carboxylic acids is 3. The minimum Gasteiger partial charge on any atom is -0.456 e. The maximum Gasteiger partial charge on any atom is 0.306 e. The summed E-state index contributed by atoms with van der Waals surface area (Å²) in [6, 6.07) is 13.6. The molecule has 0 fully saturated rings. The quantitative estimate of drug-likeness (QED) is 0.548. The molecule has 2 aromatic rings. The van der Waals surface area contributed by atoms with Crippen molar-refractivity contribution in [3.8, 4) is 0 Å². The lowest BCUT2D eigenvalue weighted by Crippen LogP contribution is -2.28. The third-order valence-electron chi connectivity index (χ3n) is 5.33. The van der Waals surface area contributed by atoms with E-state index in [0.717, 1.165) is 30.4 Å². The summed E-state index contributed by atoms with van der Waals surface area (Å²) < 4.78 is 5.00. The molecule has 5 nitrogen and oxygen atoms in total. The van der Waals surface area contributed by atoms with Gasteiger partial charge in [0.2, 0.25) is 0 Å². The second kappa shape index (κ2) is 10.0. The van der Waals surface area contributed by atoms with E-state index >= 15 is 0 Å². The van der Waals surface area contributed by atoms with E-state index in [0.29, 0.717) is 12.1 Å². The highest BCUT2D eigenvalue weighted by molar-refractivity contribution is 5.97. The summed E-state index contributed by atoms with van der Waals surface area (Å²) >= 11 is 0. The van der Waals surface area contributed by atoms with Crippen LogP contribution < -0.4 is 5.32 Å². The van der Waals surface area contributed by atoms with Gasteiger partial charge in [-0.05, 0) is 60.9 Å². The van der Waals surface area contributed by atoms with Crippen LogP contribution in [0.4, 0.5) is 0 Å². The maximum absolute atomic E-state index is 12.4. The zero-order valence-corrected chi connectivity index (χ0v) is 16.8. The average molecular weight is 393 g/mol. The predicted octanol–water partition coefficient (Wildman–Crippen LogP) is 3.70. The van der Waals surface area contributed by atoms with Crippen LogP contribution in [0.1, 0.15) is 58.3 Å². The molecule has 0 aliphatic heterocycles. The first-order valence-corrected chi connectivity index (χ1v) is 10.1. The normalized spacial score (nSPS) is 12.7. The van der Waals surface area contributed by atoms with Gasteiger partial charge in [0.25, 0.3) is 5.91 Å². The Balaban J connectivity index is 1.39. The summed E-state index contributed by atoms with van der Waals surface area (Å²) in [5, 5.41) is 2.73. The van der Waals surface area contributed by atoms with Crippen molar-refractivity contribution in [1.82, 2.24) is 5.32 Å². The number of ketones is 1. The summed E-state index contributed by atoms with van der Waals surface area (Å²) in [5.74, 6) is -0.968. The van der Waals surface area contributed by atoms with Crippen LogP contribution in [0.2, 0.25) is 0 Å². The van der Waals surface area contributed by atoms with Crippen molar-refractivity contribution in [2.75, 3.05) is 6.61 Å². The fraction of sp³-hybridized carbons (Fsp3) is 0.375. The van der Waals surface area contributed by atoms with E-state index in [1.165, 1.54) is 17.5 Å². The predicted molar refractivity (Wildman–Crippen MR) is 111 cm³/mol. The van der Waals surface area contributed by atoms with Gasteiger partial charge in [0, 0.05) is 18.5 Å². The summed E-state index contributed by atoms with van der Waals surface area (Å²) in [5.41, 5.74) is 5.32. The van der Waals surface area contributed by atoms with Crippen LogP contribution in [-0.2, 0) is 33.7 Å². The minimum atomic E-state index is -0.539. The van der Waals surface area contributed by atoms with E-state index in [-0.39, 0.29) is 31.1 Å². The number of hydrogen-bond acceptors (Lipinski definition) is 4. The molecule has 0 aromatic heterocycles. The fourth-order valence-corrected chi connectivity index (χ4v) is 3.54. The molecular weight excluding hydrogens is 366 g/mol. The molecule has 0 saturated carbocycles. The lowest BCUT2D eigenvalue weighted by molar-refractivity contribution is -0.148. The van der Waals surface area contributed by atoms with E-state index in [1.54, 1.807) is 0 Å². The highest BCUT2D eigenvalue weighted by Crippen LogP contribution is 2.23. The average Bonchev–Trinajstić information content (AvgIpc) is 2.75. The van der Waals surface area contributed by atoms with Gasteiger partial charge >= 0.3 is 5.97 Å². The Morgan fingerprint density at radius 1 is 0.966 bits per heavy atom. The van der Waals surface area contributed by atoms with Gasteiger partial charge in [0.05, 0.1) is 6.42 Å². The molecule has 29 heavy (non-hydrogen) atoms. The third-order valence-corrected chi connectivity index (χ3v) is 5.33. The number of benzene rings is 2. The van der Waals surface area contributed by atoms with Gasteiger partial charge < -0.3 is 10.1 Å². The van der Waals surface area contributed by atoms with E-state index < -0.39 is 5.97 Å². The Bertz CT molecular complexity index is 904. The molecule has 0 unspecified atom stereocenters. The van der Waals surface area contributed by atoms with Crippen LogP contribution in [0.15, 0.2) is 42.5 Å². The molecule has 1 amide bonds. The molecule has 0 atom stereocenters. The second-order valence-electron chi connectivity index (χ2n) is 7.48. The van der Waals surface area contributed by atoms with Crippen molar-refractivity contribution in [2.45, 2.75) is 52.0 Å². The number of aryl methyl sites for hydroxylation is 3. The lowest BCUT2D eigenvalue weighted by Gasteiger charge is -2.16. The zero-order chi connectivity index (χ0) is 20.6. The molecule has 0 radical (unpaired) electrons. The van der Waals surface area contributed by atoms with Gasteiger partial charge in [0.1, 0.15) is 0 Å². The third kappa shape index (κ3) is 6.01. The Kier molecular flexibility index (Phi) is 7.17. The molecular formula is C24H27NO4. The molecule has 0 heterocycles. The van der Waals surface area contributed by atoms with E-state index in [1.807, 2.05) is 49.4 Å².